The summed E-state index contributed by atoms with van der Waals surface area (Å²) in [4.78, 5) is 16.9. The first-order chi connectivity index (χ1) is 15.0. The summed E-state index contributed by atoms with van der Waals surface area (Å²) in [6.07, 6.45) is 7.01. The molecule has 0 bridgehead atoms. The van der Waals surface area contributed by atoms with Gasteiger partial charge in [-0.1, -0.05) is 12.1 Å². The van der Waals surface area contributed by atoms with Crippen LogP contribution in [0.3, 0.4) is 0 Å². The molecular formula is C19H15FN10O. The number of aromatic nitrogens is 9. The molecule has 0 aliphatic carbocycles. The predicted octanol–water partition coefficient (Wildman–Crippen LogP) is 1.07. The van der Waals surface area contributed by atoms with Crippen molar-refractivity contribution in [2.45, 2.75) is 6.54 Å². The van der Waals surface area contributed by atoms with Crippen molar-refractivity contribution in [2.24, 2.45) is 12.8 Å². The summed E-state index contributed by atoms with van der Waals surface area (Å²) in [6, 6.07) is 6.57. The first-order valence-electron chi connectivity index (χ1n) is 9.18. The smallest absolute Gasteiger partial charge is 0.290 e. The lowest BCUT2D eigenvalue weighted by Gasteiger charge is -2.09. The Morgan fingerprint density at radius 1 is 1.16 bits per heavy atom. The van der Waals surface area contributed by atoms with Crippen molar-refractivity contribution in [1.29, 1.82) is 0 Å². The molecule has 11 nitrogen and oxygen atoms in total. The van der Waals surface area contributed by atoms with Crippen LogP contribution in [-0.2, 0) is 13.6 Å². The van der Waals surface area contributed by atoms with Crippen LogP contribution in [0.1, 0.15) is 16.2 Å². The second-order valence-electron chi connectivity index (χ2n) is 6.85. The highest BCUT2D eigenvalue weighted by Crippen LogP contribution is 2.28. The summed E-state index contributed by atoms with van der Waals surface area (Å²) >= 11 is 0. The predicted molar refractivity (Wildman–Crippen MR) is 106 cm³/mol. The fourth-order valence-electron chi connectivity index (χ4n) is 3.22. The van der Waals surface area contributed by atoms with Crippen LogP contribution < -0.4 is 5.73 Å². The average Bonchev–Trinajstić information content (AvgIpc) is 3.49. The summed E-state index contributed by atoms with van der Waals surface area (Å²) in [5.74, 6) is -1.50. The van der Waals surface area contributed by atoms with E-state index >= 15 is 0 Å². The van der Waals surface area contributed by atoms with E-state index in [2.05, 4.69) is 25.6 Å². The van der Waals surface area contributed by atoms with Gasteiger partial charge in [0.2, 0.25) is 0 Å². The third-order valence-corrected chi connectivity index (χ3v) is 4.70. The molecule has 2 N–H and O–H groups in total. The number of carbonyl (C=O) groups is 1. The van der Waals surface area contributed by atoms with E-state index in [-0.39, 0.29) is 12.4 Å². The Kier molecular flexibility index (Phi) is 4.24. The molecule has 0 saturated carbocycles. The quantitative estimate of drug-likeness (QED) is 0.451. The highest BCUT2D eigenvalue weighted by molar-refractivity contribution is 5.88. The van der Waals surface area contributed by atoms with Crippen LogP contribution in [0.4, 0.5) is 4.39 Å². The molecule has 5 aromatic rings. The molecule has 0 atom stereocenters. The third kappa shape index (κ3) is 3.39. The highest BCUT2D eigenvalue weighted by Gasteiger charge is 2.15. The molecule has 0 unspecified atom stereocenters. The molecule has 12 heteroatoms. The van der Waals surface area contributed by atoms with Crippen molar-refractivity contribution in [3.8, 4) is 22.5 Å². The van der Waals surface area contributed by atoms with E-state index < -0.39 is 11.7 Å². The molecule has 5 rings (SSSR count). The lowest BCUT2D eigenvalue weighted by atomic mass is 10.1. The number of nitrogens with zero attached hydrogens (tertiary/aromatic N) is 9. The average molecular weight is 418 g/mol. The zero-order chi connectivity index (χ0) is 21.5. The molecular weight excluding hydrogens is 403 g/mol. The van der Waals surface area contributed by atoms with Crippen LogP contribution >= 0.6 is 0 Å². The van der Waals surface area contributed by atoms with Crippen LogP contribution in [0.2, 0.25) is 0 Å². The number of primary amides is 1. The molecule has 0 fully saturated rings. The number of amides is 1. The second-order valence-corrected chi connectivity index (χ2v) is 6.85. The molecule has 0 saturated heterocycles. The Hall–Kier alpha value is -4.48. The van der Waals surface area contributed by atoms with Crippen molar-refractivity contribution in [2.75, 3.05) is 0 Å². The minimum atomic E-state index is -0.800. The fourth-order valence-corrected chi connectivity index (χ4v) is 3.22. The minimum absolute atomic E-state index is 0.00234. The minimum Gasteiger partial charge on any atom is -0.363 e. The van der Waals surface area contributed by atoms with Crippen molar-refractivity contribution in [3.63, 3.8) is 0 Å². The first kappa shape index (κ1) is 18.5. The van der Waals surface area contributed by atoms with E-state index in [1.807, 2.05) is 19.3 Å². The lowest BCUT2D eigenvalue weighted by molar-refractivity contribution is 0.0990. The van der Waals surface area contributed by atoms with Gasteiger partial charge in [0.1, 0.15) is 5.82 Å². The van der Waals surface area contributed by atoms with Gasteiger partial charge in [-0.25, -0.2) is 13.9 Å². The van der Waals surface area contributed by atoms with Crippen molar-refractivity contribution >= 4 is 11.4 Å². The zero-order valence-electron chi connectivity index (χ0n) is 16.2. The maximum atomic E-state index is 14.9. The molecule has 1 aromatic carbocycles. The van der Waals surface area contributed by atoms with Crippen LogP contribution in [0.15, 0.2) is 49.1 Å². The molecule has 154 valence electrons. The van der Waals surface area contributed by atoms with Crippen LogP contribution in [-0.4, -0.2) is 50.5 Å². The van der Waals surface area contributed by atoms with Gasteiger partial charge in [-0.05, 0) is 17.3 Å². The largest absolute Gasteiger partial charge is 0.363 e. The summed E-state index contributed by atoms with van der Waals surface area (Å²) in [5.41, 5.74) is 8.83. The molecule has 4 aromatic heterocycles. The SMILES string of the molecule is Cn1cc(-c2cn3nccc3c(-c3ccc(Cn4nnc(C(N)=O)n4)c(F)c3)n2)cn1. The molecule has 0 aliphatic rings. The Morgan fingerprint density at radius 2 is 2.03 bits per heavy atom. The number of hydrogen-bond donors (Lipinski definition) is 1. The topological polar surface area (TPSA) is 135 Å². The van der Waals surface area contributed by atoms with E-state index in [4.69, 9.17) is 10.7 Å². The maximum Gasteiger partial charge on any atom is 0.290 e. The fraction of sp³-hybridized carbons (Fsp3) is 0.105. The van der Waals surface area contributed by atoms with Gasteiger partial charge >= 0.3 is 0 Å². The van der Waals surface area contributed by atoms with Gasteiger partial charge in [-0.2, -0.15) is 15.0 Å². The number of tetrazole rings is 1. The van der Waals surface area contributed by atoms with E-state index in [0.29, 0.717) is 22.5 Å². The molecule has 1 amide bonds. The number of halogens is 1. The monoisotopic (exact) mass is 418 g/mol. The normalized spacial score (nSPS) is 11.3. The summed E-state index contributed by atoms with van der Waals surface area (Å²) in [6.45, 7) is -0.00234. The number of fused-ring (bicyclic) bond motifs is 1. The van der Waals surface area contributed by atoms with Crippen molar-refractivity contribution in [3.05, 3.63) is 66.3 Å². The molecule has 31 heavy (non-hydrogen) atoms. The van der Waals surface area contributed by atoms with Gasteiger partial charge < -0.3 is 5.73 Å². The summed E-state index contributed by atoms with van der Waals surface area (Å²) in [5, 5.41) is 19.6. The van der Waals surface area contributed by atoms with Gasteiger partial charge in [0.15, 0.2) is 0 Å². The number of nitrogens with two attached hydrogens (primary N) is 1. The van der Waals surface area contributed by atoms with Crippen molar-refractivity contribution in [1.82, 2.24) is 44.6 Å². The summed E-state index contributed by atoms with van der Waals surface area (Å²) < 4.78 is 18.3. The van der Waals surface area contributed by atoms with Crippen LogP contribution in [0.25, 0.3) is 28.0 Å². The number of carbonyl (C=O) groups excluding carboxylic acids is 1. The molecule has 0 aliphatic heterocycles. The Morgan fingerprint density at radius 3 is 2.74 bits per heavy atom. The highest BCUT2D eigenvalue weighted by atomic mass is 19.1. The number of rotatable bonds is 5. The number of hydrogen-bond acceptors (Lipinski definition) is 7. The van der Waals surface area contributed by atoms with E-state index in [9.17, 15) is 9.18 Å². The van der Waals surface area contributed by atoms with Gasteiger partial charge in [-0.15, -0.1) is 10.2 Å². The van der Waals surface area contributed by atoms with Crippen LogP contribution in [0, 0.1) is 5.82 Å². The van der Waals surface area contributed by atoms with Gasteiger partial charge in [0.25, 0.3) is 11.7 Å². The summed E-state index contributed by atoms with van der Waals surface area (Å²) in [7, 11) is 1.82. The van der Waals surface area contributed by atoms with Crippen LogP contribution in [0.5, 0.6) is 0 Å². The van der Waals surface area contributed by atoms with E-state index in [0.717, 1.165) is 15.9 Å². The molecule has 0 radical (unpaired) electrons. The van der Waals surface area contributed by atoms with E-state index in [1.165, 1.54) is 6.07 Å². The van der Waals surface area contributed by atoms with Crippen molar-refractivity contribution < 1.29 is 9.18 Å². The first-order valence-corrected chi connectivity index (χ1v) is 9.18. The van der Waals surface area contributed by atoms with E-state index in [1.54, 1.807) is 39.9 Å². The Labute approximate surface area is 173 Å². The third-order valence-electron chi connectivity index (χ3n) is 4.70. The van der Waals surface area contributed by atoms with Gasteiger partial charge in [0, 0.05) is 29.9 Å². The number of benzene rings is 1. The lowest BCUT2D eigenvalue weighted by Crippen LogP contribution is -2.14. The Bertz CT molecular complexity index is 1430. The van der Waals surface area contributed by atoms with Gasteiger partial charge in [0.05, 0.1) is 42.0 Å². The van der Waals surface area contributed by atoms with Gasteiger partial charge in [-0.3, -0.25) is 9.48 Å². The Balaban J connectivity index is 1.53. The zero-order valence-corrected chi connectivity index (χ0v) is 16.2. The molecule has 4 heterocycles. The number of aryl methyl sites for hydroxylation is 1. The molecule has 0 spiro atoms. The maximum absolute atomic E-state index is 14.9. The second kappa shape index (κ2) is 7.09. The standard InChI is InChI=1S/C19H15FN10O/c1-28-8-13(7-23-28)15-10-29-16(4-5-22-29)17(24-15)11-2-3-12(14(20)6-11)9-30-26-19(18(21)31)25-27-30/h2-8,10H,9H2,1H3,(H2,21,31).